The van der Waals surface area contributed by atoms with Gasteiger partial charge in [-0.1, -0.05) is 30.3 Å². The molecular formula is C17H14N4O2S2. The molecule has 0 spiro atoms. The zero-order chi connectivity index (χ0) is 17.5. The highest BCUT2D eigenvalue weighted by molar-refractivity contribution is 7.99. The van der Waals surface area contributed by atoms with E-state index in [2.05, 4.69) is 27.6 Å². The summed E-state index contributed by atoms with van der Waals surface area (Å²) >= 11 is 3.09. The number of aromatic nitrogens is 1. The SMILES string of the molecule is O=[N+]([O-])c1cccc(-c2csc(N/N=C/CSc3ccccc3)n2)c1. The van der Waals surface area contributed by atoms with Gasteiger partial charge in [0.2, 0.25) is 5.13 Å². The first-order valence-electron chi connectivity index (χ1n) is 7.38. The minimum atomic E-state index is -0.413. The maximum atomic E-state index is 10.8. The molecule has 0 saturated heterocycles. The Kier molecular flexibility index (Phi) is 5.76. The van der Waals surface area contributed by atoms with E-state index >= 15 is 0 Å². The first-order valence-corrected chi connectivity index (χ1v) is 9.24. The molecule has 0 bridgehead atoms. The van der Waals surface area contributed by atoms with Crippen LogP contribution in [-0.2, 0) is 0 Å². The van der Waals surface area contributed by atoms with Crippen molar-refractivity contribution in [2.45, 2.75) is 4.90 Å². The third-order valence-electron chi connectivity index (χ3n) is 3.18. The van der Waals surface area contributed by atoms with Crippen LogP contribution in [0.25, 0.3) is 11.3 Å². The van der Waals surface area contributed by atoms with E-state index in [-0.39, 0.29) is 5.69 Å². The highest BCUT2D eigenvalue weighted by atomic mass is 32.2. The molecule has 0 saturated carbocycles. The van der Waals surface area contributed by atoms with Gasteiger partial charge in [-0.2, -0.15) is 5.10 Å². The van der Waals surface area contributed by atoms with Crippen molar-refractivity contribution in [2.75, 3.05) is 11.2 Å². The fourth-order valence-corrected chi connectivity index (χ4v) is 3.38. The van der Waals surface area contributed by atoms with E-state index in [1.807, 2.05) is 23.6 Å². The smallest absolute Gasteiger partial charge is 0.258 e. The minimum Gasteiger partial charge on any atom is -0.258 e. The highest BCUT2D eigenvalue weighted by Crippen LogP contribution is 2.27. The third-order valence-corrected chi connectivity index (χ3v) is 4.84. The molecule has 6 nitrogen and oxygen atoms in total. The van der Waals surface area contributed by atoms with Crippen LogP contribution in [0.3, 0.4) is 0 Å². The number of hydrogen-bond donors (Lipinski definition) is 1. The summed E-state index contributed by atoms with van der Waals surface area (Å²) < 4.78 is 0. The quantitative estimate of drug-likeness (QED) is 0.277. The van der Waals surface area contributed by atoms with E-state index in [0.29, 0.717) is 16.4 Å². The number of thiazole rings is 1. The van der Waals surface area contributed by atoms with Gasteiger partial charge in [0.1, 0.15) is 0 Å². The summed E-state index contributed by atoms with van der Waals surface area (Å²) in [5.41, 5.74) is 4.34. The second-order valence-electron chi connectivity index (χ2n) is 4.89. The number of nitrogens with zero attached hydrogens (tertiary/aromatic N) is 3. The summed E-state index contributed by atoms with van der Waals surface area (Å²) in [5.74, 6) is 0.750. The van der Waals surface area contributed by atoms with Gasteiger partial charge in [0, 0.05) is 39.9 Å². The molecule has 3 rings (SSSR count). The number of non-ortho nitro benzene ring substituents is 1. The molecule has 25 heavy (non-hydrogen) atoms. The number of nitro groups is 1. The standard InChI is InChI=1S/C17H14N4O2S2/c22-21(23)14-6-4-5-13(11-14)16-12-25-17(19-16)20-18-9-10-24-15-7-2-1-3-8-15/h1-9,11-12H,10H2,(H,19,20)/b18-9+. The third kappa shape index (κ3) is 4.88. The molecule has 0 radical (unpaired) electrons. The summed E-state index contributed by atoms with van der Waals surface area (Å²) in [6, 6.07) is 16.5. The van der Waals surface area contributed by atoms with E-state index < -0.39 is 4.92 Å². The second-order valence-corrected chi connectivity index (χ2v) is 6.84. The lowest BCUT2D eigenvalue weighted by molar-refractivity contribution is -0.384. The number of nitro benzene ring substituents is 1. The van der Waals surface area contributed by atoms with E-state index in [4.69, 9.17) is 0 Å². The number of nitrogens with one attached hydrogen (secondary N) is 1. The number of hydrogen-bond acceptors (Lipinski definition) is 7. The second kappa shape index (κ2) is 8.41. The Balaban J connectivity index is 1.56. The maximum Gasteiger partial charge on any atom is 0.270 e. The van der Waals surface area contributed by atoms with Crippen molar-refractivity contribution in [1.29, 1.82) is 0 Å². The molecule has 0 aliphatic carbocycles. The topological polar surface area (TPSA) is 80.4 Å². The summed E-state index contributed by atoms with van der Waals surface area (Å²) in [6.07, 6.45) is 1.78. The molecule has 1 aromatic heterocycles. The zero-order valence-electron chi connectivity index (χ0n) is 13.0. The van der Waals surface area contributed by atoms with Crippen molar-refractivity contribution < 1.29 is 4.92 Å². The van der Waals surface area contributed by atoms with Crippen molar-refractivity contribution in [1.82, 2.24) is 4.98 Å². The predicted molar refractivity (Wildman–Crippen MR) is 103 cm³/mol. The van der Waals surface area contributed by atoms with Crippen LogP contribution in [0.5, 0.6) is 0 Å². The highest BCUT2D eigenvalue weighted by Gasteiger charge is 2.09. The van der Waals surface area contributed by atoms with Crippen LogP contribution in [0, 0.1) is 10.1 Å². The van der Waals surface area contributed by atoms with Gasteiger partial charge in [0.05, 0.1) is 10.6 Å². The fourth-order valence-electron chi connectivity index (χ4n) is 2.02. The van der Waals surface area contributed by atoms with Crippen LogP contribution in [-0.4, -0.2) is 21.9 Å². The summed E-state index contributed by atoms with van der Waals surface area (Å²) in [5, 5.41) is 17.5. The first-order chi connectivity index (χ1) is 12.2. The molecular weight excluding hydrogens is 356 g/mol. The Labute approximate surface area is 152 Å². The van der Waals surface area contributed by atoms with Gasteiger partial charge in [0.25, 0.3) is 5.69 Å². The predicted octanol–water partition coefficient (Wildman–Crippen LogP) is 4.91. The molecule has 0 atom stereocenters. The van der Waals surface area contributed by atoms with Gasteiger partial charge in [-0.3, -0.25) is 15.5 Å². The normalized spacial score (nSPS) is 10.9. The lowest BCUT2D eigenvalue weighted by atomic mass is 10.1. The van der Waals surface area contributed by atoms with E-state index in [0.717, 1.165) is 5.75 Å². The molecule has 0 fully saturated rings. The van der Waals surface area contributed by atoms with Crippen LogP contribution in [0.15, 0.2) is 70.0 Å². The largest absolute Gasteiger partial charge is 0.270 e. The molecule has 1 heterocycles. The molecule has 0 unspecified atom stereocenters. The van der Waals surface area contributed by atoms with Crippen LogP contribution in [0.4, 0.5) is 10.8 Å². The Morgan fingerprint density at radius 1 is 1.24 bits per heavy atom. The van der Waals surface area contributed by atoms with E-state index in [9.17, 15) is 10.1 Å². The van der Waals surface area contributed by atoms with Crippen LogP contribution in [0.1, 0.15) is 0 Å². The number of anilines is 1. The molecule has 1 N–H and O–H groups in total. The van der Waals surface area contributed by atoms with Gasteiger partial charge < -0.3 is 0 Å². The van der Waals surface area contributed by atoms with Crippen molar-refractivity contribution in [3.63, 3.8) is 0 Å². The van der Waals surface area contributed by atoms with Crippen LogP contribution < -0.4 is 5.43 Å². The Morgan fingerprint density at radius 2 is 2.08 bits per heavy atom. The Morgan fingerprint density at radius 3 is 2.88 bits per heavy atom. The van der Waals surface area contributed by atoms with Gasteiger partial charge >= 0.3 is 0 Å². The zero-order valence-corrected chi connectivity index (χ0v) is 14.7. The lowest BCUT2D eigenvalue weighted by Crippen LogP contribution is -1.91. The monoisotopic (exact) mass is 370 g/mol. The molecule has 3 aromatic rings. The summed E-state index contributed by atoms with van der Waals surface area (Å²) in [4.78, 5) is 16.0. The Hall–Kier alpha value is -2.71. The first kappa shape index (κ1) is 17.1. The van der Waals surface area contributed by atoms with Crippen molar-refractivity contribution in [3.05, 3.63) is 70.1 Å². The lowest BCUT2D eigenvalue weighted by Gasteiger charge is -1.97. The van der Waals surface area contributed by atoms with Crippen LogP contribution >= 0.6 is 23.1 Å². The molecule has 0 aliphatic heterocycles. The number of hydrazone groups is 1. The minimum absolute atomic E-state index is 0.0518. The summed E-state index contributed by atoms with van der Waals surface area (Å²) in [7, 11) is 0. The van der Waals surface area contributed by atoms with Gasteiger partial charge in [-0.25, -0.2) is 4.98 Å². The molecule has 0 aliphatic rings. The average Bonchev–Trinajstić information content (AvgIpc) is 3.11. The van der Waals surface area contributed by atoms with Crippen molar-refractivity contribution in [2.24, 2.45) is 5.10 Å². The van der Waals surface area contributed by atoms with E-state index in [1.54, 1.807) is 30.1 Å². The van der Waals surface area contributed by atoms with Crippen molar-refractivity contribution >= 4 is 40.1 Å². The maximum absolute atomic E-state index is 10.8. The number of rotatable bonds is 7. The van der Waals surface area contributed by atoms with Gasteiger partial charge in [-0.05, 0) is 12.1 Å². The molecule has 8 heteroatoms. The molecule has 0 amide bonds. The van der Waals surface area contributed by atoms with Crippen LogP contribution in [0.2, 0.25) is 0 Å². The number of benzene rings is 2. The molecule has 126 valence electrons. The van der Waals surface area contributed by atoms with Gasteiger partial charge in [-0.15, -0.1) is 23.1 Å². The number of thioether (sulfide) groups is 1. The van der Waals surface area contributed by atoms with Crippen molar-refractivity contribution in [3.8, 4) is 11.3 Å². The van der Waals surface area contributed by atoms with Gasteiger partial charge in [0.15, 0.2) is 0 Å². The fraction of sp³-hybridized carbons (Fsp3) is 0.0588. The van der Waals surface area contributed by atoms with E-state index in [1.165, 1.54) is 28.4 Å². The molecule has 2 aromatic carbocycles. The average molecular weight is 370 g/mol. The summed E-state index contributed by atoms with van der Waals surface area (Å²) in [6.45, 7) is 0. The Bertz CT molecular complexity index is 881.